The van der Waals surface area contributed by atoms with E-state index in [1.54, 1.807) is 0 Å². The zero-order valence-electron chi connectivity index (χ0n) is 10.4. The first-order valence-electron chi connectivity index (χ1n) is 5.71. The van der Waals surface area contributed by atoms with Gasteiger partial charge in [0.15, 0.2) is 0 Å². The zero-order chi connectivity index (χ0) is 12.6. The van der Waals surface area contributed by atoms with Gasteiger partial charge in [0.05, 0.1) is 12.1 Å². The van der Waals surface area contributed by atoms with Crippen LogP contribution >= 0.6 is 11.6 Å². The minimum Gasteiger partial charge on any atom is -0.355 e. The first-order chi connectivity index (χ1) is 7.90. The smallest absolute Gasteiger partial charge is 0.239 e. The number of nitrogens with one attached hydrogen (secondary N) is 1. The number of hydrogen-bond donors (Lipinski definition) is 1. The molecule has 1 aromatic carbocycles. The maximum Gasteiger partial charge on any atom is 0.239 e. The van der Waals surface area contributed by atoms with Gasteiger partial charge >= 0.3 is 0 Å². The molecule has 0 spiro atoms. The van der Waals surface area contributed by atoms with Gasteiger partial charge in [-0.15, -0.1) is 0 Å². The van der Waals surface area contributed by atoms with E-state index in [4.69, 9.17) is 11.6 Å². The Hall–Kier alpha value is -1.22. The van der Waals surface area contributed by atoms with Gasteiger partial charge in [0.25, 0.3) is 0 Å². The van der Waals surface area contributed by atoms with Gasteiger partial charge in [-0.1, -0.05) is 17.7 Å². The Morgan fingerprint density at radius 2 is 2.12 bits per heavy atom. The Bertz CT molecular complexity index is 457. The summed E-state index contributed by atoms with van der Waals surface area (Å²) in [5.41, 5.74) is 1.96. The minimum absolute atomic E-state index is 0.0565. The number of hydrogen-bond acceptors (Lipinski definition) is 2. The Labute approximate surface area is 107 Å². The first-order valence-corrected chi connectivity index (χ1v) is 6.08. The van der Waals surface area contributed by atoms with Crippen LogP contribution in [0.4, 0.5) is 5.69 Å². The molecule has 1 heterocycles. The molecule has 0 aliphatic carbocycles. The van der Waals surface area contributed by atoms with Crippen LogP contribution in [0.3, 0.4) is 0 Å². The zero-order valence-corrected chi connectivity index (χ0v) is 11.1. The van der Waals surface area contributed by atoms with Crippen LogP contribution in [0.1, 0.15) is 19.4 Å². The van der Waals surface area contributed by atoms with Gasteiger partial charge in [-0.2, -0.15) is 0 Å². The van der Waals surface area contributed by atoms with Crippen molar-refractivity contribution in [2.45, 2.75) is 26.3 Å². The lowest BCUT2D eigenvalue weighted by Gasteiger charge is -2.43. The van der Waals surface area contributed by atoms with E-state index in [1.807, 2.05) is 25.1 Å². The number of carbonyl (C=O) groups is 1. The van der Waals surface area contributed by atoms with Gasteiger partial charge in [-0.05, 0) is 38.5 Å². The molecule has 0 aromatic heterocycles. The minimum atomic E-state index is -0.0908. The van der Waals surface area contributed by atoms with E-state index in [0.717, 1.165) is 16.3 Å². The van der Waals surface area contributed by atoms with Gasteiger partial charge in [0, 0.05) is 17.3 Å². The summed E-state index contributed by atoms with van der Waals surface area (Å²) in [6, 6.07) is 5.93. The molecule has 1 aliphatic rings. The quantitative estimate of drug-likeness (QED) is 0.832. The van der Waals surface area contributed by atoms with Crippen molar-refractivity contribution < 1.29 is 4.79 Å². The molecule has 1 aromatic rings. The Morgan fingerprint density at radius 3 is 2.76 bits per heavy atom. The second-order valence-corrected chi connectivity index (χ2v) is 5.52. The van der Waals surface area contributed by atoms with Crippen molar-refractivity contribution in [3.05, 3.63) is 28.8 Å². The summed E-state index contributed by atoms with van der Waals surface area (Å²) < 4.78 is 0. The number of halogens is 1. The standard InChI is InChI=1S/C13H17ClN2O/c1-9-4-5-10(6-11(9)14)16-7-12(17)15-8-13(16,2)3/h4-6H,7-8H2,1-3H3,(H,15,17). The molecule has 1 saturated heterocycles. The van der Waals surface area contributed by atoms with E-state index in [1.165, 1.54) is 0 Å². The molecule has 1 aliphatic heterocycles. The number of aryl methyl sites for hydroxylation is 1. The van der Waals surface area contributed by atoms with Crippen molar-refractivity contribution in [3.63, 3.8) is 0 Å². The third kappa shape index (κ3) is 2.39. The van der Waals surface area contributed by atoms with Gasteiger partial charge in [-0.3, -0.25) is 4.79 Å². The molecule has 2 rings (SSSR count). The van der Waals surface area contributed by atoms with E-state index < -0.39 is 0 Å². The second-order valence-electron chi connectivity index (χ2n) is 5.11. The molecular weight excluding hydrogens is 236 g/mol. The molecular formula is C13H17ClN2O. The lowest BCUT2D eigenvalue weighted by molar-refractivity contribution is -0.121. The number of carbonyl (C=O) groups excluding carboxylic acids is 1. The highest BCUT2D eigenvalue weighted by Crippen LogP contribution is 2.29. The molecule has 3 nitrogen and oxygen atoms in total. The topological polar surface area (TPSA) is 32.3 Å². The van der Waals surface area contributed by atoms with Crippen molar-refractivity contribution in [3.8, 4) is 0 Å². The van der Waals surface area contributed by atoms with Gasteiger partial charge in [-0.25, -0.2) is 0 Å². The molecule has 92 valence electrons. The van der Waals surface area contributed by atoms with Crippen LogP contribution in [0.25, 0.3) is 0 Å². The predicted octanol–water partition coefficient (Wildman–Crippen LogP) is 2.36. The van der Waals surface area contributed by atoms with Crippen LogP contribution in [0.15, 0.2) is 18.2 Å². The van der Waals surface area contributed by atoms with Crippen LogP contribution in [0.2, 0.25) is 5.02 Å². The normalized spacial score (nSPS) is 19.1. The number of piperazine rings is 1. The molecule has 0 atom stereocenters. The average molecular weight is 253 g/mol. The predicted molar refractivity (Wildman–Crippen MR) is 70.6 cm³/mol. The number of rotatable bonds is 1. The van der Waals surface area contributed by atoms with Crippen LogP contribution in [-0.4, -0.2) is 24.5 Å². The number of benzene rings is 1. The highest BCUT2D eigenvalue weighted by Gasteiger charge is 2.33. The fourth-order valence-electron chi connectivity index (χ4n) is 2.01. The van der Waals surface area contributed by atoms with Crippen molar-refractivity contribution in [1.82, 2.24) is 5.32 Å². The third-order valence-electron chi connectivity index (χ3n) is 3.22. The summed E-state index contributed by atoms with van der Waals surface area (Å²) in [6.45, 7) is 7.23. The van der Waals surface area contributed by atoms with Gasteiger partial charge in [0.2, 0.25) is 5.91 Å². The fourth-order valence-corrected chi connectivity index (χ4v) is 2.19. The molecule has 17 heavy (non-hydrogen) atoms. The molecule has 1 amide bonds. The van der Waals surface area contributed by atoms with Gasteiger partial charge in [0.1, 0.15) is 0 Å². The number of amides is 1. The van der Waals surface area contributed by atoms with Crippen molar-refractivity contribution in [2.24, 2.45) is 0 Å². The molecule has 0 saturated carbocycles. The average Bonchev–Trinajstić information content (AvgIpc) is 2.26. The molecule has 0 radical (unpaired) electrons. The Kier molecular flexibility index (Phi) is 3.04. The largest absolute Gasteiger partial charge is 0.355 e. The highest BCUT2D eigenvalue weighted by molar-refractivity contribution is 6.31. The SMILES string of the molecule is Cc1ccc(N2CC(=O)NCC2(C)C)cc1Cl. The number of nitrogens with zero attached hydrogens (tertiary/aromatic N) is 1. The van der Waals surface area contributed by atoms with E-state index >= 15 is 0 Å². The first kappa shape index (κ1) is 12.2. The Balaban J connectivity index is 2.36. The summed E-state index contributed by atoms with van der Waals surface area (Å²) in [5.74, 6) is 0.0565. The van der Waals surface area contributed by atoms with Gasteiger partial charge < -0.3 is 10.2 Å². The summed E-state index contributed by atoms with van der Waals surface area (Å²) in [7, 11) is 0. The summed E-state index contributed by atoms with van der Waals surface area (Å²) >= 11 is 6.14. The van der Waals surface area contributed by atoms with Crippen molar-refractivity contribution in [1.29, 1.82) is 0 Å². The van der Waals surface area contributed by atoms with E-state index in [-0.39, 0.29) is 11.4 Å². The van der Waals surface area contributed by atoms with E-state index in [9.17, 15) is 4.79 Å². The van der Waals surface area contributed by atoms with E-state index in [0.29, 0.717) is 13.1 Å². The molecule has 0 unspecified atom stereocenters. The summed E-state index contributed by atoms with van der Waals surface area (Å²) in [5, 5.41) is 3.62. The monoisotopic (exact) mass is 252 g/mol. The Morgan fingerprint density at radius 1 is 1.41 bits per heavy atom. The highest BCUT2D eigenvalue weighted by atomic mass is 35.5. The molecule has 1 fully saturated rings. The van der Waals surface area contributed by atoms with Crippen LogP contribution in [0, 0.1) is 6.92 Å². The molecule has 0 bridgehead atoms. The molecule has 1 N–H and O–H groups in total. The lowest BCUT2D eigenvalue weighted by atomic mass is 9.98. The van der Waals surface area contributed by atoms with E-state index in [2.05, 4.69) is 24.1 Å². The van der Waals surface area contributed by atoms with Crippen LogP contribution in [-0.2, 0) is 4.79 Å². The second kappa shape index (κ2) is 4.22. The summed E-state index contributed by atoms with van der Waals surface area (Å²) in [4.78, 5) is 13.6. The lowest BCUT2D eigenvalue weighted by Crippen LogP contribution is -2.60. The van der Waals surface area contributed by atoms with Crippen molar-refractivity contribution >= 4 is 23.2 Å². The van der Waals surface area contributed by atoms with Crippen LogP contribution in [0.5, 0.6) is 0 Å². The fraction of sp³-hybridized carbons (Fsp3) is 0.462. The van der Waals surface area contributed by atoms with Crippen LogP contribution < -0.4 is 10.2 Å². The maximum atomic E-state index is 11.5. The van der Waals surface area contributed by atoms with Crippen molar-refractivity contribution in [2.75, 3.05) is 18.0 Å². The maximum absolute atomic E-state index is 11.5. The third-order valence-corrected chi connectivity index (χ3v) is 3.62. The number of anilines is 1. The summed E-state index contributed by atoms with van der Waals surface area (Å²) in [6.07, 6.45) is 0. The molecule has 4 heteroatoms.